The lowest BCUT2D eigenvalue weighted by Gasteiger charge is -2.29. The molecule has 5 heteroatoms. The molecule has 0 saturated carbocycles. The SMILES string of the molecule is FC1=C(c2ccc(Br)cc2OC2CNC2)[CH]CC=C1Cl. The second-order valence-electron chi connectivity index (χ2n) is 4.76. The van der Waals surface area contributed by atoms with Crippen LogP contribution in [0.1, 0.15) is 12.0 Å². The predicted octanol–water partition coefficient (Wildman–Crippen LogP) is 4.21. The standard InChI is InChI=1S/C15H13BrClFNO/c16-9-4-5-11(12-2-1-3-13(17)15(12)18)14(6-9)20-10-7-19-8-10/h2-6,10,19H,1,7-8H2. The van der Waals surface area contributed by atoms with Gasteiger partial charge in [-0.15, -0.1) is 0 Å². The molecule has 0 bridgehead atoms. The van der Waals surface area contributed by atoms with E-state index in [4.69, 9.17) is 16.3 Å². The molecule has 2 nitrogen and oxygen atoms in total. The first-order valence-corrected chi connectivity index (χ1v) is 7.58. The number of nitrogens with one attached hydrogen (secondary N) is 1. The molecule has 1 saturated heterocycles. The van der Waals surface area contributed by atoms with Crippen LogP contribution in [0.4, 0.5) is 4.39 Å². The van der Waals surface area contributed by atoms with Crippen LogP contribution in [0.2, 0.25) is 0 Å². The van der Waals surface area contributed by atoms with Crippen molar-refractivity contribution in [3.63, 3.8) is 0 Å². The van der Waals surface area contributed by atoms with Gasteiger partial charge in [0.15, 0.2) is 0 Å². The van der Waals surface area contributed by atoms with Crippen molar-refractivity contribution in [3.05, 3.63) is 51.6 Å². The summed E-state index contributed by atoms with van der Waals surface area (Å²) in [5.41, 5.74) is 1.25. The van der Waals surface area contributed by atoms with E-state index in [1.807, 2.05) is 24.6 Å². The Bertz CT molecular complexity index is 596. The summed E-state index contributed by atoms with van der Waals surface area (Å²) in [6.07, 6.45) is 4.26. The van der Waals surface area contributed by atoms with Crippen LogP contribution in [0, 0.1) is 6.42 Å². The zero-order valence-corrected chi connectivity index (χ0v) is 13.0. The zero-order valence-electron chi connectivity index (χ0n) is 10.6. The molecule has 1 aliphatic carbocycles. The fourth-order valence-electron chi connectivity index (χ4n) is 2.16. The monoisotopic (exact) mass is 356 g/mol. The minimum Gasteiger partial charge on any atom is -0.487 e. The zero-order chi connectivity index (χ0) is 14.1. The maximum atomic E-state index is 14.2. The van der Waals surface area contributed by atoms with Crippen LogP contribution in [0.3, 0.4) is 0 Å². The lowest BCUT2D eigenvalue weighted by atomic mass is 9.95. The number of benzene rings is 1. The molecule has 1 aromatic carbocycles. The van der Waals surface area contributed by atoms with Crippen LogP contribution >= 0.6 is 27.5 Å². The number of ether oxygens (including phenoxy) is 1. The van der Waals surface area contributed by atoms with Gasteiger partial charge in [-0.1, -0.05) is 33.6 Å². The Hall–Kier alpha value is -0.840. The molecule has 0 unspecified atom stereocenters. The van der Waals surface area contributed by atoms with E-state index < -0.39 is 5.83 Å². The summed E-state index contributed by atoms with van der Waals surface area (Å²) in [4.78, 5) is 0. The molecule has 1 heterocycles. The second kappa shape index (κ2) is 5.88. The van der Waals surface area contributed by atoms with Crippen molar-refractivity contribution in [2.24, 2.45) is 0 Å². The van der Waals surface area contributed by atoms with Gasteiger partial charge in [0.1, 0.15) is 17.7 Å². The highest BCUT2D eigenvalue weighted by Gasteiger charge is 2.23. The fourth-order valence-corrected chi connectivity index (χ4v) is 2.69. The van der Waals surface area contributed by atoms with E-state index in [0.29, 0.717) is 17.7 Å². The van der Waals surface area contributed by atoms with E-state index in [-0.39, 0.29) is 11.1 Å². The highest BCUT2D eigenvalue weighted by molar-refractivity contribution is 9.10. The third-order valence-corrected chi connectivity index (χ3v) is 4.15. The van der Waals surface area contributed by atoms with Crippen LogP contribution in [-0.4, -0.2) is 19.2 Å². The minimum absolute atomic E-state index is 0.140. The summed E-state index contributed by atoms with van der Waals surface area (Å²) in [5.74, 6) is 0.287. The first-order valence-electron chi connectivity index (χ1n) is 6.41. The third-order valence-electron chi connectivity index (χ3n) is 3.34. The first-order chi connectivity index (χ1) is 9.65. The topological polar surface area (TPSA) is 21.3 Å². The van der Waals surface area contributed by atoms with Crippen LogP contribution in [0.5, 0.6) is 5.75 Å². The molecule has 1 radical (unpaired) electrons. The third kappa shape index (κ3) is 2.78. The Balaban J connectivity index is 1.99. The number of hydrogen-bond donors (Lipinski definition) is 1. The largest absolute Gasteiger partial charge is 0.487 e. The Morgan fingerprint density at radius 2 is 2.15 bits per heavy atom. The number of allylic oxidation sites excluding steroid dienone is 4. The first kappa shape index (κ1) is 14.1. The maximum absolute atomic E-state index is 14.2. The molecular formula is C15H13BrClFNO. The van der Waals surface area contributed by atoms with Crippen LogP contribution in [0.15, 0.2) is 39.6 Å². The summed E-state index contributed by atoms with van der Waals surface area (Å²) >= 11 is 9.31. The van der Waals surface area contributed by atoms with Gasteiger partial charge in [0.25, 0.3) is 0 Å². The highest BCUT2D eigenvalue weighted by Crippen LogP contribution is 2.39. The van der Waals surface area contributed by atoms with Crippen LogP contribution in [0.25, 0.3) is 5.57 Å². The van der Waals surface area contributed by atoms with Crippen molar-refractivity contribution in [1.82, 2.24) is 5.32 Å². The van der Waals surface area contributed by atoms with Crippen molar-refractivity contribution in [2.75, 3.05) is 13.1 Å². The molecule has 1 aliphatic heterocycles. The Morgan fingerprint density at radius 3 is 2.85 bits per heavy atom. The van der Waals surface area contributed by atoms with E-state index >= 15 is 0 Å². The molecule has 2 aliphatic rings. The predicted molar refractivity (Wildman–Crippen MR) is 82.3 cm³/mol. The molecular weight excluding hydrogens is 345 g/mol. The molecule has 0 atom stereocenters. The highest BCUT2D eigenvalue weighted by atomic mass is 79.9. The number of halogens is 3. The van der Waals surface area contributed by atoms with Gasteiger partial charge in [0.2, 0.25) is 0 Å². The molecule has 1 N–H and O–H groups in total. The van der Waals surface area contributed by atoms with E-state index in [1.54, 1.807) is 6.08 Å². The molecule has 1 aromatic rings. The molecule has 0 amide bonds. The molecule has 105 valence electrons. The quantitative estimate of drug-likeness (QED) is 0.875. The summed E-state index contributed by atoms with van der Waals surface area (Å²) in [6.45, 7) is 1.63. The number of hydrogen-bond acceptors (Lipinski definition) is 2. The normalized spacial score (nSPS) is 19.6. The van der Waals surface area contributed by atoms with Crippen molar-refractivity contribution < 1.29 is 9.13 Å². The van der Waals surface area contributed by atoms with Gasteiger partial charge < -0.3 is 10.1 Å². The lowest BCUT2D eigenvalue weighted by Crippen LogP contribution is -2.50. The van der Waals surface area contributed by atoms with E-state index in [1.165, 1.54) is 0 Å². The van der Waals surface area contributed by atoms with Gasteiger partial charge in [-0.3, -0.25) is 0 Å². The summed E-state index contributed by atoms with van der Waals surface area (Å²) in [7, 11) is 0. The van der Waals surface area contributed by atoms with E-state index in [9.17, 15) is 4.39 Å². The molecule has 0 spiro atoms. The van der Waals surface area contributed by atoms with Gasteiger partial charge in [-0.05, 0) is 31.0 Å². The van der Waals surface area contributed by atoms with Gasteiger partial charge in [0, 0.05) is 28.7 Å². The minimum atomic E-state index is -0.392. The van der Waals surface area contributed by atoms with Crippen molar-refractivity contribution in [2.45, 2.75) is 12.5 Å². The van der Waals surface area contributed by atoms with Crippen molar-refractivity contribution >= 4 is 33.1 Å². The Morgan fingerprint density at radius 1 is 1.35 bits per heavy atom. The van der Waals surface area contributed by atoms with Crippen molar-refractivity contribution in [3.8, 4) is 5.75 Å². The summed E-state index contributed by atoms with van der Waals surface area (Å²) < 4.78 is 21.0. The van der Waals surface area contributed by atoms with Crippen LogP contribution in [-0.2, 0) is 0 Å². The van der Waals surface area contributed by atoms with Gasteiger partial charge >= 0.3 is 0 Å². The van der Waals surface area contributed by atoms with Gasteiger partial charge in [-0.25, -0.2) is 4.39 Å². The van der Waals surface area contributed by atoms with E-state index in [0.717, 1.165) is 23.1 Å². The lowest BCUT2D eigenvalue weighted by molar-refractivity contribution is 0.142. The molecule has 1 fully saturated rings. The van der Waals surface area contributed by atoms with E-state index in [2.05, 4.69) is 21.2 Å². The van der Waals surface area contributed by atoms with Gasteiger partial charge in [-0.2, -0.15) is 0 Å². The fraction of sp³-hybridized carbons (Fsp3) is 0.267. The molecule has 20 heavy (non-hydrogen) atoms. The van der Waals surface area contributed by atoms with Gasteiger partial charge in [0.05, 0.1) is 5.03 Å². The second-order valence-corrected chi connectivity index (χ2v) is 6.08. The van der Waals surface area contributed by atoms with Crippen molar-refractivity contribution in [1.29, 1.82) is 0 Å². The summed E-state index contributed by atoms with van der Waals surface area (Å²) in [5, 5.41) is 3.32. The molecule has 0 aromatic heterocycles. The Kier molecular flexibility index (Phi) is 4.15. The average Bonchev–Trinajstić information content (AvgIpc) is 2.38. The smallest absolute Gasteiger partial charge is 0.145 e. The summed E-state index contributed by atoms with van der Waals surface area (Å²) in [6, 6.07) is 5.60. The van der Waals surface area contributed by atoms with Crippen LogP contribution < -0.4 is 10.1 Å². The molecule has 3 rings (SSSR count). The average molecular weight is 358 g/mol. The maximum Gasteiger partial charge on any atom is 0.145 e. The number of rotatable bonds is 3. The Labute approximate surface area is 130 Å².